The highest BCUT2D eigenvalue weighted by Gasteiger charge is 2.24. The van der Waals surface area contributed by atoms with Gasteiger partial charge in [-0.2, -0.15) is 5.10 Å². The van der Waals surface area contributed by atoms with E-state index in [1.807, 2.05) is 9.80 Å². The molecule has 0 saturated carbocycles. The third kappa shape index (κ3) is 2.97. The van der Waals surface area contributed by atoms with Crippen LogP contribution in [0.25, 0.3) is 0 Å². The van der Waals surface area contributed by atoms with Crippen LogP contribution in [0.4, 0.5) is 5.95 Å². The van der Waals surface area contributed by atoms with Gasteiger partial charge in [-0.25, -0.2) is 9.97 Å². The van der Waals surface area contributed by atoms with Gasteiger partial charge in [0.2, 0.25) is 5.95 Å². The fourth-order valence-corrected chi connectivity index (χ4v) is 2.39. The Morgan fingerprint density at radius 3 is 2.38 bits per heavy atom. The number of halogens is 1. The minimum atomic E-state index is 0.0137. The molecule has 1 aliphatic heterocycles. The second-order valence-corrected chi connectivity index (χ2v) is 5.32. The Labute approximate surface area is 127 Å². The zero-order valence-corrected chi connectivity index (χ0v) is 12.4. The molecule has 0 aromatic carbocycles. The van der Waals surface area contributed by atoms with Crippen molar-refractivity contribution in [2.24, 2.45) is 7.05 Å². The highest BCUT2D eigenvalue weighted by Crippen LogP contribution is 2.14. The molecule has 0 spiro atoms. The van der Waals surface area contributed by atoms with Crippen LogP contribution in [0.5, 0.6) is 0 Å². The first-order valence-electron chi connectivity index (χ1n) is 6.64. The molecule has 21 heavy (non-hydrogen) atoms. The maximum Gasteiger partial charge on any atom is 0.257 e. The van der Waals surface area contributed by atoms with Gasteiger partial charge in [-0.15, -0.1) is 0 Å². The van der Waals surface area contributed by atoms with Crippen molar-refractivity contribution in [2.75, 3.05) is 31.1 Å². The Bertz CT molecular complexity index is 632. The molecule has 0 aliphatic carbocycles. The summed E-state index contributed by atoms with van der Waals surface area (Å²) in [5.41, 5.74) is 0.619. The monoisotopic (exact) mass is 306 g/mol. The highest BCUT2D eigenvalue weighted by atomic mass is 35.5. The SMILES string of the molecule is Cn1cc(C(=O)N2CCN(c3ncc(Cl)cn3)CC2)cn1. The molecular weight excluding hydrogens is 292 g/mol. The summed E-state index contributed by atoms with van der Waals surface area (Å²) in [5, 5.41) is 4.55. The van der Waals surface area contributed by atoms with Gasteiger partial charge in [-0.05, 0) is 0 Å². The molecule has 3 rings (SSSR count). The molecule has 2 aromatic rings. The Hall–Kier alpha value is -2.15. The molecule has 3 heterocycles. The molecule has 1 saturated heterocycles. The molecule has 0 bridgehead atoms. The van der Waals surface area contributed by atoms with Crippen LogP contribution >= 0.6 is 11.6 Å². The van der Waals surface area contributed by atoms with E-state index in [0.717, 1.165) is 0 Å². The van der Waals surface area contributed by atoms with E-state index < -0.39 is 0 Å². The number of carbonyl (C=O) groups excluding carboxylic acids is 1. The molecule has 0 atom stereocenters. The second kappa shape index (κ2) is 5.69. The fourth-order valence-electron chi connectivity index (χ4n) is 2.29. The predicted octanol–water partition coefficient (Wildman–Crippen LogP) is 0.826. The van der Waals surface area contributed by atoms with Crippen molar-refractivity contribution in [1.82, 2.24) is 24.6 Å². The summed E-state index contributed by atoms with van der Waals surface area (Å²) in [6.07, 6.45) is 6.49. The maximum atomic E-state index is 12.3. The fraction of sp³-hybridized carbons (Fsp3) is 0.385. The van der Waals surface area contributed by atoms with Crippen molar-refractivity contribution in [3.05, 3.63) is 35.4 Å². The van der Waals surface area contributed by atoms with Crippen LogP contribution in [0.1, 0.15) is 10.4 Å². The van der Waals surface area contributed by atoms with Crippen LogP contribution in [0.15, 0.2) is 24.8 Å². The number of piperazine rings is 1. The van der Waals surface area contributed by atoms with Crippen LogP contribution in [-0.2, 0) is 7.05 Å². The summed E-state index contributed by atoms with van der Waals surface area (Å²) < 4.78 is 1.63. The number of nitrogens with zero attached hydrogens (tertiary/aromatic N) is 6. The molecule has 7 nitrogen and oxygen atoms in total. The standard InChI is InChI=1S/C13H15ClN6O/c1-18-9-10(6-17-18)12(21)19-2-4-20(5-3-19)13-15-7-11(14)8-16-13/h6-9H,2-5H2,1H3. The van der Waals surface area contributed by atoms with Gasteiger partial charge >= 0.3 is 0 Å². The Morgan fingerprint density at radius 2 is 1.81 bits per heavy atom. The quantitative estimate of drug-likeness (QED) is 0.822. The van der Waals surface area contributed by atoms with Crippen molar-refractivity contribution in [3.63, 3.8) is 0 Å². The van der Waals surface area contributed by atoms with Gasteiger partial charge in [0.1, 0.15) is 0 Å². The molecule has 110 valence electrons. The molecule has 2 aromatic heterocycles. The number of aromatic nitrogens is 4. The lowest BCUT2D eigenvalue weighted by molar-refractivity contribution is 0.0746. The molecule has 1 fully saturated rings. The molecule has 0 radical (unpaired) electrons. The topological polar surface area (TPSA) is 67.2 Å². The minimum Gasteiger partial charge on any atom is -0.337 e. The number of rotatable bonds is 2. The normalized spacial score (nSPS) is 15.3. The molecule has 1 aliphatic rings. The van der Waals surface area contributed by atoms with E-state index in [-0.39, 0.29) is 5.91 Å². The van der Waals surface area contributed by atoms with Crippen LogP contribution in [0.3, 0.4) is 0 Å². The largest absolute Gasteiger partial charge is 0.337 e. The average molecular weight is 307 g/mol. The summed E-state index contributed by atoms with van der Waals surface area (Å²) in [5.74, 6) is 0.660. The van der Waals surface area contributed by atoms with Gasteiger partial charge in [0.25, 0.3) is 5.91 Å². The number of amides is 1. The van der Waals surface area contributed by atoms with Gasteiger partial charge in [-0.3, -0.25) is 9.48 Å². The van der Waals surface area contributed by atoms with Crippen molar-refractivity contribution in [1.29, 1.82) is 0 Å². The van der Waals surface area contributed by atoms with E-state index in [9.17, 15) is 4.79 Å². The smallest absolute Gasteiger partial charge is 0.257 e. The van der Waals surface area contributed by atoms with Gasteiger partial charge in [0, 0.05) is 39.4 Å². The third-order valence-electron chi connectivity index (χ3n) is 3.41. The predicted molar refractivity (Wildman–Crippen MR) is 78.4 cm³/mol. The third-order valence-corrected chi connectivity index (χ3v) is 3.60. The summed E-state index contributed by atoms with van der Waals surface area (Å²) in [4.78, 5) is 24.6. The number of hydrogen-bond donors (Lipinski definition) is 0. The average Bonchev–Trinajstić information content (AvgIpc) is 2.94. The van der Waals surface area contributed by atoms with Crippen molar-refractivity contribution in [3.8, 4) is 0 Å². The molecule has 0 N–H and O–H groups in total. The lowest BCUT2D eigenvalue weighted by Gasteiger charge is -2.34. The molecular formula is C13H15ClN6O. The lowest BCUT2D eigenvalue weighted by Crippen LogP contribution is -2.49. The lowest BCUT2D eigenvalue weighted by atomic mass is 10.2. The number of hydrogen-bond acceptors (Lipinski definition) is 5. The maximum absolute atomic E-state index is 12.3. The van der Waals surface area contributed by atoms with E-state index in [4.69, 9.17) is 11.6 Å². The van der Waals surface area contributed by atoms with Crippen LogP contribution in [0.2, 0.25) is 5.02 Å². The van der Waals surface area contributed by atoms with Crippen molar-refractivity contribution in [2.45, 2.75) is 0 Å². The summed E-state index contributed by atoms with van der Waals surface area (Å²) in [6, 6.07) is 0. The van der Waals surface area contributed by atoms with Gasteiger partial charge in [0.15, 0.2) is 0 Å². The first kappa shape index (κ1) is 13.8. The zero-order valence-electron chi connectivity index (χ0n) is 11.6. The number of carbonyl (C=O) groups is 1. The van der Waals surface area contributed by atoms with Crippen molar-refractivity contribution >= 4 is 23.5 Å². The van der Waals surface area contributed by atoms with Crippen LogP contribution in [0, 0.1) is 0 Å². The first-order valence-corrected chi connectivity index (χ1v) is 7.02. The molecule has 0 unspecified atom stereocenters. The summed E-state index contributed by atoms with van der Waals surface area (Å²) >= 11 is 5.78. The zero-order chi connectivity index (χ0) is 14.8. The van der Waals surface area contributed by atoms with E-state index in [1.54, 1.807) is 36.5 Å². The van der Waals surface area contributed by atoms with E-state index in [2.05, 4.69) is 15.1 Å². The Morgan fingerprint density at radius 1 is 1.14 bits per heavy atom. The van der Waals surface area contributed by atoms with E-state index >= 15 is 0 Å². The first-order chi connectivity index (χ1) is 10.1. The van der Waals surface area contributed by atoms with E-state index in [0.29, 0.717) is 42.7 Å². The molecule has 8 heteroatoms. The molecule has 1 amide bonds. The van der Waals surface area contributed by atoms with Gasteiger partial charge in [-0.1, -0.05) is 11.6 Å². The van der Waals surface area contributed by atoms with Crippen LogP contribution < -0.4 is 4.90 Å². The Kier molecular flexibility index (Phi) is 3.74. The van der Waals surface area contributed by atoms with Gasteiger partial charge < -0.3 is 9.80 Å². The minimum absolute atomic E-state index is 0.0137. The number of anilines is 1. The summed E-state index contributed by atoms with van der Waals surface area (Å²) in [7, 11) is 1.80. The highest BCUT2D eigenvalue weighted by molar-refractivity contribution is 6.30. The van der Waals surface area contributed by atoms with Gasteiger partial charge in [0.05, 0.1) is 29.2 Å². The van der Waals surface area contributed by atoms with Crippen molar-refractivity contribution < 1.29 is 4.79 Å². The Balaban J connectivity index is 1.62. The van der Waals surface area contributed by atoms with Crippen LogP contribution in [-0.4, -0.2) is 56.7 Å². The number of aryl methyl sites for hydroxylation is 1. The summed E-state index contributed by atoms with van der Waals surface area (Å²) in [6.45, 7) is 2.68. The van der Waals surface area contributed by atoms with E-state index in [1.165, 1.54) is 0 Å². The second-order valence-electron chi connectivity index (χ2n) is 4.88.